The molecule has 0 spiro atoms. The summed E-state index contributed by atoms with van der Waals surface area (Å²) >= 11 is 0. The summed E-state index contributed by atoms with van der Waals surface area (Å²) in [6, 6.07) is 9.50. The zero-order chi connectivity index (χ0) is 14.9. The van der Waals surface area contributed by atoms with Crippen molar-refractivity contribution in [2.24, 2.45) is 5.73 Å². The summed E-state index contributed by atoms with van der Waals surface area (Å²) in [6.45, 7) is 5.34. The lowest BCUT2D eigenvalue weighted by atomic mass is 10.0. The topological polar surface area (TPSA) is 67.6 Å². The minimum Gasteiger partial charge on any atom is -0.379 e. The fourth-order valence-corrected chi connectivity index (χ4v) is 2.45. The van der Waals surface area contributed by atoms with Gasteiger partial charge in [-0.1, -0.05) is 30.3 Å². The molecule has 0 bridgehead atoms. The fraction of sp³-hybridized carbons (Fsp3) is 0.562. The van der Waals surface area contributed by atoms with Crippen molar-refractivity contribution in [2.45, 2.75) is 18.9 Å². The van der Waals surface area contributed by atoms with Crippen LogP contribution in [-0.2, 0) is 9.53 Å². The van der Waals surface area contributed by atoms with Crippen molar-refractivity contribution in [3.63, 3.8) is 0 Å². The van der Waals surface area contributed by atoms with Crippen LogP contribution in [-0.4, -0.2) is 50.2 Å². The number of carbonyl (C=O) groups excluding carboxylic acids is 1. The second-order valence-electron chi connectivity index (χ2n) is 5.38. The van der Waals surface area contributed by atoms with E-state index in [1.54, 1.807) is 0 Å². The third-order valence-corrected chi connectivity index (χ3v) is 3.71. The Kier molecular flexibility index (Phi) is 6.66. The number of nitrogens with one attached hydrogen (secondary N) is 1. The second-order valence-corrected chi connectivity index (χ2v) is 5.38. The van der Waals surface area contributed by atoms with Crippen LogP contribution in [0.2, 0.25) is 0 Å². The van der Waals surface area contributed by atoms with Gasteiger partial charge in [0.05, 0.1) is 13.2 Å². The SMILES string of the molecule is NC(CC(=O)NCCCN1CCOCC1)c1ccccc1. The van der Waals surface area contributed by atoms with Crippen molar-refractivity contribution >= 4 is 5.91 Å². The van der Waals surface area contributed by atoms with E-state index in [0.29, 0.717) is 13.0 Å². The molecule has 3 N–H and O–H groups in total. The Labute approximate surface area is 126 Å². The Hall–Kier alpha value is -1.43. The molecule has 0 aliphatic carbocycles. The molecule has 5 heteroatoms. The molecule has 1 unspecified atom stereocenters. The van der Waals surface area contributed by atoms with Gasteiger partial charge in [-0.3, -0.25) is 9.69 Å². The molecule has 1 aromatic rings. The predicted octanol–water partition coefficient (Wildman–Crippen LogP) is 0.915. The highest BCUT2D eigenvalue weighted by Crippen LogP contribution is 2.12. The van der Waals surface area contributed by atoms with Gasteiger partial charge >= 0.3 is 0 Å². The van der Waals surface area contributed by atoms with Gasteiger partial charge in [-0.05, 0) is 18.5 Å². The van der Waals surface area contributed by atoms with Crippen LogP contribution in [0.3, 0.4) is 0 Å². The summed E-state index contributed by atoms with van der Waals surface area (Å²) in [5, 5.41) is 2.95. The average Bonchev–Trinajstić information content (AvgIpc) is 2.53. The molecule has 116 valence electrons. The van der Waals surface area contributed by atoms with Crippen LogP contribution in [0.15, 0.2) is 30.3 Å². The van der Waals surface area contributed by atoms with Gasteiger partial charge in [0.2, 0.25) is 5.91 Å². The Balaban J connectivity index is 1.59. The molecule has 0 radical (unpaired) electrons. The minimum atomic E-state index is -0.231. The first-order chi connectivity index (χ1) is 10.3. The molecular formula is C16H25N3O2. The molecule has 0 aromatic heterocycles. The smallest absolute Gasteiger partial charge is 0.221 e. The molecule has 1 aliphatic rings. The minimum absolute atomic E-state index is 0.0216. The van der Waals surface area contributed by atoms with E-state index < -0.39 is 0 Å². The Morgan fingerprint density at radius 3 is 2.71 bits per heavy atom. The number of amides is 1. The molecule has 2 rings (SSSR count). The van der Waals surface area contributed by atoms with Gasteiger partial charge in [-0.2, -0.15) is 0 Å². The molecule has 1 atom stereocenters. The van der Waals surface area contributed by atoms with Gasteiger partial charge < -0.3 is 15.8 Å². The van der Waals surface area contributed by atoms with Crippen molar-refractivity contribution in [3.05, 3.63) is 35.9 Å². The monoisotopic (exact) mass is 291 g/mol. The largest absolute Gasteiger partial charge is 0.379 e. The maximum atomic E-state index is 11.9. The van der Waals surface area contributed by atoms with E-state index in [9.17, 15) is 4.79 Å². The molecule has 1 amide bonds. The standard InChI is InChI=1S/C16H25N3O2/c17-15(14-5-2-1-3-6-14)13-16(20)18-7-4-8-19-9-11-21-12-10-19/h1-3,5-6,15H,4,7-13,17H2,(H,18,20). The molecule has 0 saturated carbocycles. The van der Waals surface area contributed by atoms with Crippen LogP contribution < -0.4 is 11.1 Å². The van der Waals surface area contributed by atoms with Crippen molar-refractivity contribution in [1.82, 2.24) is 10.2 Å². The molecule has 1 aromatic carbocycles. The van der Waals surface area contributed by atoms with Gasteiger partial charge in [0.25, 0.3) is 0 Å². The van der Waals surface area contributed by atoms with Gasteiger partial charge in [-0.15, -0.1) is 0 Å². The Morgan fingerprint density at radius 2 is 2.00 bits per heavy atom. The highest BCUT2D eigenvalue weighted by atomic mass is 16.5. The predicted molar refractivity (Wildman–Crippen MR) is 82.9 cm³/mol. The van der Waals surface area contributed by atoms with Crippen LogP contribution in [0.25, 0.3) is 0 Å². The number of nitrogens with zero attached hydrogens (tertiary/aromatic N) is 1. The molecule has 1 fully saturated rings. The quantitative estimate of drug-likeness (QED) is 0.733. The lowest BCUT2D eigenvalue weighted by Crippen LogP contribution is -2.38. The number of carbonyl (C=O) groups is 1. The second kappa shape index (κ2) is 8.77. The highest BCUT2D eigenvalue weighted by molar-refractivity contribution is 5.76. The number of hydrogen-bond acceptors (Lipinski definition) is 4. The summed E-state index contributed by atoms with van der Waals surface area (Å²) in [5.41, 5.74) is 7.04. The zero-order valence-electron chi connectivity index (χ0n) is 12.5. The lowest BCUT2D eigenvalue weighted by Gasteiger charge is -2.26. The van der Waals surface area contributed by atoms with Gasteiger partial charge in [0, 0.05) is 32.1 Å². The van der Waals surface area contributed by atoms with Gasteiger partial charge in [-0.25, -0.2) is 0 Å². The van der Waals surface area contributed by atoms with E-state index in [4.69, 9.17) is 10.5 Å². The number of rotatable bonds is 7. The normalized spacial score (nSPS) is 17.4. The molecule has 5 nitrogen and oxygen atoms in total. The van der Waals surface area contributed by atoms with E-state index in [0.717, 1.165) is 44.8 Å². The van der Waals surface area contributed by atoms with Gasteiger partial charge in [0.1, 0.15) is 0 Å². The van der Waals surface area contributed by atoms with Crippen LogP contribution in [0, 0.1) is 0 Å². The first-order valence-electron chi connectivity index (χ1n) is 7.63. The Bertz CT molecular complexity index is 419. The van der Waals surface area contributed by atoms with E-state index in [-0.39, 0.29) is 11.9 Å². The van der Waals surface area contributed by atoms with Crippen molar-refractivity contribution < 1.29 is 9.53 Å². The zero-order valence-corrected chi connectivity index (χ0v) is 12.5. The third kappa shape index (κ3) is 5.83. The van der Waals surface area contributed by atoms with E-state index in [1.165, 1.54) is 0 Å². The maximum absolute atomic E-state index is 11.9. The number of ether oxygens (including phenoxy) is 1. The molecule has 21 heavy (non-hydrogen) atoms. The van der Waals surface area contributed by atoms with Crippen LogP contribution in [0.4, 0.5) is 0 Å². The van der Waals surface area contributed by atoms with E-state index >= 15 is 0 Å². The summed E-state index contributed by atoms with van der Waals surface area (Å²) in [4.78, 5) is 14.2. The summed E-state index contributed by atoms with van der Waals surface area (Å²) in [6.07, 6.45) is 1.30. The number of hydrogen-bond donors (Lipinski definition) is 2. The number of morpholine rings is 1. The first kappa shape index (κ1) is 15.9. The fourth-order valence-electron chi connectivity index (χ4n) is 2.45. The summed E-state index contributed by atoms with van der Waals surface area (Å²) in [5.74, 6) is 0.0216. The van der Waals surface area contributed by atoms with E-state index in [2.05, 4.69) is 10.2 Å². The number of nitrogens with two attached hydrogens (primary N) is 1. The third-order valence-electron chi connectivity index (χ3n) is 3.71. The Morgan fingerprint density at radius 1 is 1.29 bits per heavy atom. The van der Waals surface area contributed by atoms with E-state index in [1.807, 2.05) is 30.3 Å². The van der Waals surface area contributed by atoms with Crippen LogP contribution >= 0.6 is 0 Å². The summed E-state index contributed by atoms with van der Waals surface area (Å²) < 4.78 is 5.30. The van der Waals surface area contributed by atoms with Crippen molar-refractivity contribution in [2.75, 3.05) is 39.4 Å². The molecule has 1 saturated heterocycles. The maximum Gasteiger partial charge on any atom is 0.221 e. The van der Waals surface area contributed by atoms with Crippen LogP contribution in [0.1, 0.15) is 24.4 Å². The van der Waals surface area contributed by atoms with Crippen molar-refractivity contribution in [3.8, 4) is 0 Å². The highest BCUT2D eigenvalue weighted by Gasteiger charge is 2.12. The lowest BCUT2D eigenvalue weighted by molar-refractivity contribution is -0.121. The molecular weight excluding hydrogens is 266 g/mol. The first-order valence-corrected chi connectivity index (χ1v) is 7.63. The molecule has 1 aliphatic heterocycles. The number of benzene rings is 1. The van der Waals surface area contributed by atoms with Gasteiger partial charge in [0.15, 0.2) is 0 Å². The molecule has 1 heterocycles. The average molecular weight is 291 g/mol. The summed E-state index contributed by atoms with van der Waals surface area (Å²) in [7, 11) is 0. The van der Waals surface area contributed by atoms with Crippen molar-refractivity contribution in [1.29, 1.82) is 0 Å². The van der Waals surface area contributed by atoms with Crippen LogP contribution in [0.5, 0.6) is 0 Å².